The number of fused-ring (bicyclic) bond motifs is 3. The summed E-state index contributed by atoms with van der Waals surface area (Å²) in [5.41, 5.74) is 0.496. The van der Waals surface area contributed by atoms with Crippen molar-refractivity contribution in [2.24, 2.45) is 5.92 Å². The Morgan fingerprint density at radius 3 is 2.50 bits per heavy atom. The van der Waals surface area contributed by atoms with Crippen LogP contribution < -0.4 is 9.47 Å². The number of rotatable bonds is 7. The van der Waals surface area contributed by atoms with Crippen molar-refractivity contribution >= 4 is 26.0 Å². The normalized spacial score (nSPS) is 23.7. The summed E-state index contributed by atoms with van der Waals surface area (Å²) >= 11 is 0. The Bertz CT molecular complexity index is 1390. The van der Waals surface area contributed by atoms with Crippen LogP contribution in [0.5, 0.6) is 11.5 Å². The number of benzene rings is 2. The third kappa shape index (κ3) is 4.36. The molecule has 0 radical (unpaired) electrons. The second-order valence-corrected chi connectivity index (χ2v) is 13.3. The van der Waals surface area contributed by atoms with Crippen LogP contribution in [0.3, 0.4) is 0 Å². The Hall–Kier alpha value is -2.67. The quantitative estimate of drug-likeness (QED) is 0.493. The van der Waals surface area contributed by atoms with E-state index in [2.05, 4.69) is 0 Å². The van der Waals surface area contributed by atoms with Gasteiger partial charge in [0.25, 0.3) is 0 Å². The topological polar surface area (TPSA) is 120 Å². The summed E-state index contributed by atoms with van der Waals surface area (Å²) in [5, 5.41) is 0. The molecule has 2 fully saturated rings. The van der Waals surface area contributed by atoms with Crippen LogP contribution in [0.4, 0.5) is 0 Å². The molecular weight excluding hydrogens is 508 g/mol. The highest BCUT2D eigenvalue weighted by atomic mass is 32.2. The van der Waals surface area contributed by atoms with Crippen LogP contribution in [0, 0.1) is 5.92 Å². The predicted molar refractivity (Wildman–Crippen MR) is 128 cm³/mol. The van der Waals surface area contributed by atoms with Crippen molar-refractivity contribution in [2.45, 2.75) is 47.7 Å². The molecule has 0 unspecified atom stereocenters. The molecule has 2 heterocycles. The molecule has 2 aliphatic heterocycles. The molecule has 1 saturated carbocycles. The standard InChI is InChI=1S/C24H28N2O8S2/c1-25(2)35(28,29)19-5-3-4-16(12-19)15-34-24(27)23-17-6-7-18(13-17)26(23)36(30,31)20-8-9-21-22(14-20)33-11-10-32-21/h3-5,8-9,12,14,17-18,23H,6-7,10-11,13,15H2,1-2H3/t17-,18-,23+/m0/s1. The van der Waals surface area contributed by atoms with Crippen LogP contribution in [-0.4, -0.2) is 70.8 Å². The number of esters is 1. The van der Waals surface area contributed by atoms with Gasteiger partial charge in [-0.25, -0.2) is 21.1 Å². The molecule has 3 atom stereocenters. The van der Waals surface area contributed by atoms with E-state index in [4.69, 9.17) is 14.2 Å². The Balaban J connectivity index is 1.36. The number of carbonyl (C=O) groups is 1. The van der Waals surface area contributed by atoms with E-state index in [1.54, 1.807) is 18.2 Å². The van der Waals surface area contributed by atoms with Gasteiger partial charge < -0.3 is 14.2 Å². The minimum atomic E-state index is -4.00. The minimum absolute atomic E-state index is 0.0405. The zero-order valence-corrected chi connectivity index (χ0v) is 21.6. The number of hydrogen-bond acceptors (Lipinski definition) is 8. The van der Waals surface area contributed by atoms with Crippen molar-refractivity contribution in [3.05, 3.63) is 48.0 Å². The predicted octanol–water partition coefficient (Wildman–Crippen LogP) is 1.99. The van der Waals surface area contributed by atoms with E-state index in [1.165, 1.54) is 42.7 Å². The van der Waals surface area contributed by atoms with Gasteiger partial charge in [-0.15, -0.1) is 0 Å². The highest BCUT2D eigenvalue weighted by Gasteiger charge is 2.55. The minimum Gasteiger partial charge on any atom is -0.486 e. The molecule has 2 aromatic rings. The van der Waals surface area contributed by atoms with Crippen molar-refractivity contribution in [1.29, 1.82) is 0 Å². The summed E-state index contributed by atoms with van der Waals surface area (Å²) < 4.78 is 71.2. The van der Waals surface area contributed by atoms with Gasteiger partial charge in [0.2, 0.25) is 20.0 Å². The van der Waals surface area contributed by atoms with Gasteiger partial charge in [0.15, 0.2) is 11.5 Å². The average Bonchev–Trinajstić information content (AvgIpc) is 3.49. The second-order valence-electron chi connectivity index (χ2n) is 9.35. The molecule has 0 N–H and O–H groups in total. The summed E-state index contributed by atoms with van der Waals surface area (Å²) in [6, 6.07) is 9.42. The molecule has 1 saturated heterocycles. The fourth-order valence-electron chi connectivity index (χ4n) is 5.14. The Morgan fingerprint density at radius 2 is 1.75 bits per heavy atom. The smallest absolute Gasteiger partial charge is 0.325 e. The summed E-state index contributed by atoms with van der Waals surface area (Å²) in [4.78, 5) is 13.3. The third-order valence-electron chi connectivity index (χ3n) is 6.91. The van der Waals surface area contributed by atoms with E-state index >= 15 is 0 Å². The van der Waals surface area contributed by atoms with Crippen molar-refractivity contribution < 1.29 is 35.8 Å². The van der Waals surface area contributed by atoms with Crippen LogP contribution in [0.15, 0.2) is 52.3 Å². The first-order valence-electron chi connectivity index (χ1n) is 11.7. The highest BCUT2D eigenvalue weighted by molar-refractivity contribution is 7.89. The average molecular weight is 537 g/mol. The Kier molecular flexibility index (Phi) is 6.48. The van der Waals surface area contributed by atoms with E-state index < -0.39 is 32.1 Å². The van der Waals surface area contributed by atoms with Crippen LogP contribution in [0.25, 0.3) is 0 Å². The van der Waals surface area contributed by atoms with Crippen molar-refractivity contribution in [3.8, 4) is 11.5 Å². The molecule has 12 heteroatoms. The second kappa shape index (κ2) is 9.33. The largest absolute Gasteiger partial charge is 0.486 e. The number of sulfonamides is 2. The maximum absolute atomic E-state index is 13.7. The van der Waals surface area contributed by atoms with Crippen LogP contribution in [0.1, 0.15) is 24.8 Å². The molecule has 36 heavy (non-hydrogen) atoms. The fourth-order valence-corrected chi connectivity index (χ4v) is 7.99. The van der Waals surface area contributed by atoms with Crippen LogP contribution >= 0.6 is 0 Å². The lowest BCUT2D eigenvalue weighted by molar-refractivity contribution is -0.151. The van der Waals surface area contributed by atoms with E-state index in [1.807, 2.05) is 0 Å². The van der Waals surface area contributed by atoms with Gasteiger partial charge in [-0.3, -0.25) is 4.79 Å². The fraction of sp³-hybridized carbons (Fsp3) is 0.458. The monoisotopic (exact) mass is 536 g/mol. The first kappa shape index (κ1) is 25.0. The van der Waals surface area contributed by atoms with Crippen molar-refractivity contribution in [2.75, 3.05) is 27.3 Å². The summed E-state index contributed by atoms with van der Waals surface area (Å²) in [5.74, 6) is 0.0788. The number of hydrogen-bond donors (Lipinski definition) is 0. The summed E-state index contributed by atoms with van der Waals surface area (Å²) in [6.45, 7) is 0.561. The maximum atomic E-state index is 13.7. The van der Waals surface area contributed by atoms with E-state index in [-0.39, 0.29) is 28.4 Å². The van der Waals surface area contributed by atoms with Gasteiger partial charge in [-0.2, -0.15) is 4.31 Å². The van der Waals surface area contributed by atoms with Gasteiger partial charge in [0.1, 0.15) is 25.9 Å². The van der Waals surface area contributed by atoms with Crippen LogP contribution in [0.2, 0.25) is 0 Å². The maximum Gasteiger partial charge on any atom is 0.325 e. The molecule has 1 aliphatic carbocycles. The summed E-state index contributed by atoms with van der Waals surface area (Å²) in [6.07, 6.45) is 2.02. The Morgan fingerprint density at radius 1 is 1.00 bits per heavy atom. The lowest BCUT2D eigenvalue weighted by Gasteiger charge is -2.33. The van der Waals surface area contributed by atoms with E-state index in [0.717, 1.165) is 10.7 Å². The van der Waals surface area contributed by atoms with Gasteiger partial charge in [0.05, 0.1) is 9.79 Å². The number of nitrogens with zero attached hydrogens (tertiary/aromatic N) is 2. The van der Waals surface area contributed by atoms with E-state index in [9.17, 15) is 21.6 Å². The zero-order valence-electron chi connectivity index (χ0n) is 20.0. The summed E-state index contributed by atoms with van der Waals surface area (Å²) in [7, 11) is -4.77. The molecular formula is C24H28N2O8S2. The molecule has 2 aromatic carbocycles. The number of carbonyl (C=O) groups excluding carboxylic acids is 1. The van der Waals surface area contributed by atoms with Crippen molar-refractivity contribution in [3.63, 3.8) is 0 Å². The van der Waals surface area contributed by atoms with Gasteiger partial charge in [-0.05, 0) is 55.0 Å². The molecule has 5 rings (SSSR count). The Labute approximate surface area is 210 Å². The number of ether oxygens (including phenoxy) is 3. The first-order valence-corrected chi connectivity index (χ1v) is 14.6. The van der Waals surface area contributed by atoms with Gasteiger partial charge in [0, 0.05) is 26.2 Å². The lowest BCUT2D eigenvalue weighted by atomic mass is 10.0. The van der Waals surface area contributed by atoms with E-state index in [0.29, 0.717) is 43.1 Å². The molecule has 0 aromatic heterocycles. The third-order valence-corrected chi connectivity index (χ3v) is 10.7. The molecule has 0 amide bonds. The van der Waals surface area contributed by atoms with Gasteiger partial charge in [-0.1, -0.05) is 12.1 Å². The SMILES string of the molecule is CN(C)S(=O)(=O)c1cccc(COC(=O)[C@H]2[C@H]3CC[C@@H](C3)N2S(=O)(=O)c2ccc3c(c2)OCCO3)c1. The zero-order chi connectivity index (χ0) is 25.7. The molecule has 3 aliphatic rings. The molecule has 2 bridgehead atoms. The molecule has 10 nitrogen and oxygen atoms in total. The molecule has 194 valence electrons. The van der Waals surface area contributed by atoms with Crippen molar-refractivity contribution in [1.82, 2.24) is 8.61 Å². The van der Waals surface area contributed by atoms with Gasteiger partial charge >= 0.3 is 5.97 Å². The first-order chi connectivity index (χ1) is 17.1. The lowest BCUT2D eigenvalue weighted by Crippen LogP contribution is -2.49. The number of piperidine rings is 1. The van der Waals surface area contributed by atoms with Crippen LogP contribution in [-0.2, 0) is 36.2 Å². The molecule has 0 spiro atoms. The highest BCUT2D eigenvalue weighted by Crippen LogP contribution is 2.46.